The molecule has 1 aliphatic rings. The van der Waals surface area contributed by atoms with Crippen LogP contribution in [0.4, 0.5) is 0 Å². The van der Waals surface area contributed by atoms with E-state index in [0.29, 0.717) is 37.9 Å². The van der Waals surface area contributed by atoms with E-state index in [4.69, 9.17) is 0 Å². The van der Waals surface area contributed by atoms with Gasteiger partial charge in [-0.15, -0.1) is 0 Å². The summed E-state index contributed by atoms with van der Waals surface area (Å²) in [5.41, 5.74) is 5.03. The van der Waals surface area contributed by atoms with Crippen molar-refractivity contribution < 1.29 is 4.79 Å². The summed E-state index contributed by atoms with van der Waals surface area (Å²) in [5.74, 6) is -0.0279. The van der Waals surface area contributed by atoms with Gasteiger partial charge in [-0.2, -0.15) is 5.26 Å². The Morgan fingerprint density at radius 3 is 2.49 bits per heavy atom. The third kappa shape index (κ3) is 8.03. The number of aromatic nitrogens is 2. The lowest BCUT2D eigenvalue weighted by Crippen LogP contribution is -2.43. The van der Waals surface area contributed by atoms with E-state index in [2.05, 4.69) is 42.5 Å². The Labute approximate surface area is 211 Å². The van der Waals surface area contributed by atoms with Gasteiger partial charge in [0.05, 0.1) is 17.2 Å². The highest BCUT2D eigenvalue weighted by molar-refractivity contribution is 6.03. The van der Waals surface area contributed by atoms with Crippen LogP contribution in [0.2, 0.25) is 0 Å². The Morgan fingerprint density at radius 2 is 1.94 bits per heavy atom. The molecule has 2 heterocycles. The molecule has 0 bridgehead atoms. The number of carbonyl (C=O) groups is 1. The zero-order valence-corrected chi connectivity index (χ0v) is 21.8. The summed E-state index contributed by atoms with van der Waals surface area (Å²) in [5, 5.41) is 10.1. The van der Waals surface area contributed by atoms with E-state index in [-0.39, 0.29) is 5.91 Å². The third-order valence-corrected chi connectivity index (χ3v) is 6.54. The van der Waals surface area contributed by atoms with E-state index < -0.39 is 5.41 Å². The number of nitrogens with zero attached hydrogens (tertiary/aromatic N) is 4. The van der Waals surface area contributed by atoms with Crippen molar-refractivity contribution in [3.63, 3.8) is 0 Å². The average Bonchev–Trinajstić information content (AvgIpc) is 2.88. The fourth-order valence-electron chi connectivity index (χ4n) is 3.97. The monoisotopic (exact) mass is 470 g/mol. The van der Waals surface area contributed by atoms with Gasteiger partial charge in [-0.1, -0.05) is 60.6 Å². The topological polar surface area (TPSA) is 69.9 Å². The van der Waals surface area contributed by atoms with Crippen LogP contribution in [-0.4, -0.2) is 33.9 Å². The van der Waals surface area contributed by atoms with Crippen molar-refractivity contribution in [3.8, 4) is 6.07 Å². The molecule has 2 rings (SSSR count). The van der Waals surface area contributed by atoms with Crippen LogP contribution in [0.15, 0.2) is 83.9 Å². The molecule has 0 aliphatic carbocycles. The number of amides is 1. The van der Waals surface area contributed by atoms with Crippen LogP contribution in [0.5, 0.6) is 0 Å². The molecule has 0 unspecified atom stereocenters. The Morgan fingerprint density at radius 1 is 1.23 bits per heavy atom. The van der Waals surface area contributed by atoms with Crippen LogP contribution in [0, 0.1) is 16.7 Å². The quantitative estimate of drug-likeness (QED) is 0.295. The molecule has 1 aliphatic heterocycles. The minimum atomic E-state index is -0.472. The Hall–Kier alpha value is -3.52. The molecule has 0 N–H and O–H groups in total. The van der Waals surface area contributed by atoms with E-state index in [0.717, 1.165) is 28.8 Å². The highest BCUT2D eigenvalue weighted by atomic mass is 16.2. The molecule has 184 valence electrons. The molecule has 35 heavy (non-hydrogen) atoms. The standard InChI is InChI=1S/C30H38N4O/c1-7-24(5)10-9-11-27(25(6)28-14-17-32-22-33-28)29(35)34-18-15-30(21-31,16-19-34)20-26(8-2)13-12-23(3)4/h8-14,17,22H,3,7,15-16,18-20H2,1-2,4-6H3/b11-9-,13-12-,24-10+,26-8+,27-25-. The lowest BCUT2D eigenvalue weighted by atomic mass is 9.74. The largest absolute Gasteiger partial charge is 0.339 e. The molecule has 5 heteroatoms. The van der Waals surface area contributed by atoms with Gasteiger partial charge < -0.3 is 4.90 Å². The van der Waals surface area contributed by atoms with Crippen LogP contribution in [-0.2, 0) is 4.79 Å². The SMILES string of the molecule is C=C(C)/C=C\C(=C/C)CC1(C#N)CCN(C(=O)C(/C=C\C=C(/C)CC)=C(/C)c2ccncn2)CC1. The van der Waals surface area contributed by atoms with Gasteiger partial charge in [-0.25, -0.2) is 9.97 Å². The minimum Gasteiger partial charge on any atom is -0.339 e. The highest BCUT2D eigenvalue weighted by Crippen LogP contribution is 2.38. The Bertz CT molecular complexity index is 1090. The summed E-state index contributed by atoms with van der Waals surface area (Å²) in [4.78, 5) is 23.9. The van der Waals surface area contributed by atoms with Crippen LogP contribution in [0.25, 0.3) is 5.57 Å². The minimum absolute atomic E-state index is 0.0279. The van der Waals surface area contributed by atoms with Crippen molar-refractivity contribution in [2.45, 2.75) is 60.3 Å². The van der Waals surface area contributed by atoms with E-state index in [1.807, 2.05) is 62.1 Å². The molecular weight excluding hydrogens is 432 g/mol. The molecule has 1 fully saturated rings. The van der Waals surface area contributed by atoms with E-state index in [9.17, 15) is 10.1 Å². The first-order chi connectivity index (χ1) is 16.7. The molecule has 0 aromatic carbocycles. The lowest BCUT2D eigenvalue weighted by Gasteiger charge is -2.38. The molecule has 5 nitrogen and oxygen atoms in total. The van der Waals surface area contributed by atoms with Crippen LogP contribution < -0.4 is 0 Å². The van der Waals surface area contributed by atoms with Gasteiger partial charge in [0.15, 0.2) is 0 Å². The van der Waals surface area contributed by atoms with Gasteiger partial charge in [0.1, 0.15) is 6.33 Å². The summed E-state index contributed by atoms with van der Waals surface area (Å²) in [6, 6.07) is 4.39. The molecule has 0 spiro atoms. The number of allylic oxidation sites excluding steroid dienone is 9. The van der Waals surface area contributed by atoms with Crippen molar-refractivity contribution in [1.82, 2.24) is 14.9 Å². The van der Waals surface area contributed by atoms with Crippen molar-refractivity contribution in [2.75, 3.05) is 13.1 Å². The predicted octanol–water partition coefficient (Wildman–Crippen LogP) is 6.76. The number of carbonyl (C=O) groups excluding carboxylic acids is 1. The normalized spacial score (nSPS) is 17.4. The van der Waals surface area contributed by atoms with E-state index >= 15 is 0 Å². The highest BCUT2D eigenvalue weighted by Gasteiger charge is 2.37. The summed E-state index contributed by atoms with van der Waals surface area (Å²) in [6.07, 6.45) is 18.0. The second-order valence-electron chi connectivity index (χ2n) is 9.26. The molecule has 0 saturated carbocycles. The molecule has 1 amide bonds. The number of rotatable bonds is 9. The zero-order valence-electron chi connectivity index (χ0n) is 21.8. The molecule has 0 radical (unpaired) electrons. The lowest BCUT2D eigenvalue weighted by molar-refractivity contribution is -0.128. The summed E-state index contributed by atoms with van der Waals surface area (Å²) >= 11 is 0. The van der Waals surface area contributed by atoms with Crippen molar-refractivity contribution in [2.24, 2.45) is 5.41 Å². The fourth-order valence-corrected chi connectivity index (χ4v) is 3.97. The maximum atomic E-state index is 13.7. The fraction of sp³-hybridized carbons (Fsp3) is 0.400. The molecular formula is C30H38N4O. The number of likely N-dealkylation sites (tertiary alicyclic amines) is 1. The van der Waals surface area contributed by atoms with Crippen molar-refractivity contribution >= 4 is 11.5 Å². The maximum Gasteiger partial charge on any atom is 0.254 e. The van der Waals surface area contributed by atoms with Crippen LogP contribution in [0.1, 0.15) is 66.0 Å². The first kappa shape index (κ1) is 27.7. The van der Waals surface area contributed by atoms with Crippen molar-refractivity contribution in [3.05, 3.63) is 89.6 Å². The first-order valence-electron chi connectivity index (χ1n) is 12.3. The number of nitriles is 1. The van der Waals surface area contributed by atoms with Gasteiger partial charge >= 0.3 is 0 Å². The van der Waals surface area contributed by atoms with Gasteiger partial charge in [-0.05, 0) is 71.1 Å². The van der Waals surface area contributed by atoms with Gasteiger partial charge in [0.25, 0.3) is 5.91 Å². The summed E-state index contributed by atoms with van der Waals surface area (Å²) < 4.78 is 0. The van der Waals surface area contributed by atoms with Gasteiger partial charge in [0, 0.05) is 24.9 Å². The third-order valence-electron chi connectivity index (χ3n) is 6.54. The average molecular weight is 471 g/mol. The Balaban J connectivity index is 2.27. The summed E-state index contributed by atoms with van der Waals surface area (Å²) in [6.45, 7) is 15.1. The van der Waals surface area contributed by atoms with Gasteiger partial charge in [-0.3, -0.25) is 4.79 Å². The maximum absolute atomic E-state index is 13.7. The van der Waals surface area contributed by atoms with Crippen LogP contribution in [0.3, 0.4) is 0 Å². The van der Waals surface area contributed by atoms with E-state index in [1.165, 1.54) is 11.9 Å². The molecule has 1 aromatic heterocycles. The second-order valence-corrected chi connectivity index (χ2v) is 9.26. The zero-order chi connectivity index (χ0) is 25.8. The van der Waals surface area contributed by atoms with Crippen molar-refractivity contribution in [1.29, 1.82) is 5.26 Å². The Kier molecular flexibility index (Phi) is 10.6. The molecule has 0 atom stereocenters. The molecule has 1 aromatic rings. The van der Waals surface area contributed by atoms with Crippen LogP contribution >= 0.6 is 0 Å². The van der Waals surface area contributed by atoms with Gasteiger partial charge in [0.2, 0.25) is 0 Å². The summed E-state index contributed by atoms with van der Waals surface area (Å²) in [7, 11) is 0. The van der Waals surface area contributed by atoms with E-state index in [1.54, 1.807) is 6.20 Å². The second kappa shape index (κ2) is 13.4. The smallest absolute Gasteiger partial charge is 0.254 e. The number of piperidine rings is 1. The molecule has 1 saturated heterocycles. The number of hydrogen-bond acceptors (Lipinski definition) is 4. The predicted molar refractivity (Wildman–Crippen MR) is 144 cm³/mol. The first-order valence-corrected chi connectivity index (χ1v) is 12.3. The number of hydrogen-bond donors (Lipinski definition) is 0.